The summed E-state index contributed by atoms with van der Waals surface area (Å²) in [6, 6.07) is 2.62. The van der Waals surface area contributed by atoms with Gasteiger partial charge in [0.1, 0.15) is 0 Å². The summed E-state index contributed by atoms with van der Waals surface area (Å²) in [6.45, 7) is 0.645. The molecule has 0 radical (unpaired) electrons. The molecule has 1 atom stereocenters. The summed E-state index contributed by atoms with van der Waals surface area (Å²) in [5.74, 6) is -4.29. The van der Waals surface area contributed by atoms with Gasteiger partial charge in [-0.1, -0.05) is 0 Å². The first-order chi connectivity index (χ1) is 11.8. The minimum Gasteiger partial charge on any atom is -0.471 e. The van der Waals surface area contributed by atoms with Crippen molar-refractivity contribution in [1.29, 1.82) is 0 Å². The Hall–Kier alpha value is -1.90. The molecule has 1 unspecified atom stereocenters. The minimum atomic E-state index is -4.24. The molecule has 0 bridgehead atoms. The molecule has 5 nitrogen and oxygen atoms in total. The number of carbonyl (C=O) groups is 1. The average Bonchev–Trinajstić information content (AvgIpc) is 2.60. The van der Waals surface area contributed by atoms with Crippen LogP contribution in [0.5, 0.6) is 5.88 Å². The minimum absolute atomic E-state index is 0.197. The molecule has 1 aliphatic heterocycles. The summed E-state index contributed by atoms with van der Waals surface area (Å²) in [4.78, 5) is 18.0. The molecule has 0 aromatic carbocycles. The molecule has 2 rings (SSSR count). The van der Waals surface area contributed by atoms with Gasteiger partial charge in [-0.15, -0.1) is 0 Å². The number of hydrogen-bond donors (Lipinski definition) is 1. The lowest BCUT2D eigenvalue weighted by Gasteiger charge is -2.32. The van der Waals surface area contributed by atoms with Crippen molar-refractivity contribution >= 4 is 5.91 Å². The lowest BCUT2D eigenvalue weighted by molar-refractivity contribution is -0.148. The second kappa shape index (κ2) is 8.46. The second-order valence-electron chi connectivity index (χ2n) is 6.05. The van der Waals surface area contributed by atoms with Crippen LogP contribution in [0.1, 0.15) is 23.2 Å². The monoisotopic (exact) mass is 363 g/mol. The molecular weight excluding hydrogens is 342 g/mol. The molecule has 1 aromatic heterocycles. The number of aromatic nitrogens is 1. The number of nitrogens with one attached hydrogen (secondary N) is 1. The molecule has 1 N–H and O–H groups in total. The summed E-state index contributed by atoms with van der Waals surface area (Å²) in [5.41, 5.74) is 0.304. The van der Waals surface area contributed by atoms with E-state index >= 15 is 0 Å². The Balaban J connectivity index is 1.94. The number of alkyl halides is 4. The van der Waals surface area contributed by atoms with E-state index in [0.29, 0.717) is 24.6 Å². The van der Waals surface area contributed by atoms with Crippen molar-refractivity contribution in [3.05, 3.63) is 23.9 Å². The fraction of sp³-hybridized carbons (Fsp3) is 0.625. The Bertz CT molecular complexity index is 567. The standard InChI is InChI=1S/C16H21F4N3O2/c1-21-7-11-3-2-6-23(9-11)14(24)12-4-5-13(22-8-12)25-10-16(19,20)15(17)18/h4-5,8,11,15,21H,2-3,6-7,9-10H2,1H3. The summed E-state index contributed by atoms with van der Waals surface area (Å²) in [7, 11) is 1.86. The van der Waals surface area contributed by atoms with Crippen molar-refractivity contribution in [2.75, 3.05) is 33.3 Å². The number of rotatable bonds is 7. The zero-order valence-electron chi connectivity index (χ0n) is 13.9. The van der Waals surface area contributed by atoms with Crippen LogP contribution in [0.25, 0.3) is 0 Å². The maximum atomic E-state index is 12.8. The molecule has 25 heavy (non-hydrogen) atoms. The number of amides is 1. The van der Waals surface area contributed by atoms with E-state index in [2.05, 4.69) is 15.0 Å². The van der Waals surface area contributed by atoms with Gasteiger partial charge in [-0.3, -0.25) is 4.79 Å². The van der Waals surface area contributed by atoms with E-state index in [4.69, 9.17) is 0 Å². The number of carbonyl (C=O) groups excluding carboxylic acids is 1. The fourth-order valence-corrected chi connectivity index (χ4v) is 2.71. The highest BCUT2D eigenvalue weighted by Crippen LogP contribution is 2.24. The van der Waals surface area contributed by atoms with Crippen molar-refractivity contribution in [1.82, 2.24) is 15.2 Å². The Morgan fingerprint density at radius 1 is 1.48 bits per heavy atom. The van der Waals surface area contributed by atoms with E-state index in [-0.39, 0.29) is 11.8 Å². The molecule has 0 saturated carbocycles. The van der Waals surface area contributed by atoms with Gasteiger partial charge in [0.25, 0.3) is 5.91 Å². The van der Waals surface area contributed by atoms with Gasteiger partial charge >= 0.3 is 12.3 Å². The summed E-state index contributed by atoms with van der Waals surface area (Å²) in [5, 5.41) is 3.10. The maximum Gasteiger partial charge on any atom is 0.340 e. The van der Waals surface area contributed by atoms with Crippen LogP contribution >= 0.6 is 0 Å². The number of hydrogen-bond acceptors (Lipinski definition) is 4. The van der Waals surface area contributed by atoms with Crippen LogP contribution in [-0.4, -0.2) is 61.4 Å². The van der Waals surface area contributed by atoms with Crippen molar-refractivity contribution < 1.29 is 27.1 Å². The zero-order chi connectivity index (χ0) is 18.4. The predicted octanol–water partition coefficient (Wildman–Crippen LogP) is 2.43. The Morgan fingerprint density at radius 2 is 2.24 bits per heavy atom. The van der Waals surface area contributed by atoms with Crippen molar-refractivity contribution in [3.8, 4) is 5.88 Å². The Morgan fingerprint density at radius 3 is 2.84 bits per heavy atom. The molecular formula is C16H21F4N3O2. The van der Waals surface area contributed by atoms with Gasteiger partial charge in [0.15, 0.2) is 6.61 Å². The number of halogens is 4. The van der Waals surface area contributed by atoms with Gasteiger partial charge in [-0.2, -0.15) is 8.78 Å². The van der Waals surface area contributed by atoms with Gasteiger partial charge in [0.2, 0.25) is 5.88 Å². The van der Waals surface area contributed by atoms with Crippen LogP contribution in [0, 0.1) is 5.92 Å². The maximum absolute atomic E-state index is 12.8. The van der Waals surface area contributed by atoms with E-state index in [1.54, 1.807) is 4.90 Å². The normalized spacial score (nSPS) is 18.5. The lowest BCUT2D eigenvalue weighted by Crippen LogP contribution is -2.42. The van der Waals surface area contributed by atoms with Crippen molar-refractivity contribution in [2.24, 2.45) is 5.92 Å². The lowest BCUT2D eigenvalue weighted by atomic mass is 9.97. The third-order valence-corrected chi connectivity index (χ3v) is 4.01. The van der Waals surface area contributed by atoms with E-state index in [0.717, 1.165) is 19.4 Å². The largest absolute Gasteiger partial charge is 0.471 e. The highest BCUT2D eigenvalue weighted by atomic mass is 19.3. The number of pyridine rings is 1. The molecule has 1 aromatic rings. The molecule has 140 valence electrons. The highest BCUT2D eigenvalue weighted by Gasteiger charge is 2.41. The smallest absolute Gasteiger partial charge is 0.340 e. The van der Waals surface area contributed by atoms with Gasteiger partial charge in [-0.25, -0.2) is 13.8 Å². The first-order valence-corrected chi connectivity index (χ1v) is 8.02. The average molecular weight is 363 g/mol. The van der Waals surface area contributed by atoms with Crippen LogP contribution in [0.3, 0.4) is 0 Å². The zero-order valence-corrected chi connectivity index (χ0v) is 13.9. The molecule has 1 fully saturated rings. The molecule has 1 saturated heterocycles. The van der Waals surface area contributed by atoms with E-state index in [9.17, 15) is 22.4 Å². The second-order valence-corrected chi connectivity index (χ2v) is 6.05. The van der Waals surface area contributed by atoms with Crippen LogP contribution in [0.4, 0.5) is 17.6 Å². The molecule has 0 aliphatic carbocycles. The number of likely N-dealkylation sites (tertiary alicyclic amines) is 1. The number of ether oxygens (including phenoxy) is 1. The van der Waals surface area contributed by atoms with Gasteiger partial charge in [-0.05, 0) is 38.4 Å². The summed E-state index contributed by atoms with van der Waals surface area (Å²) in [6.07, 6.45) is -0.637. The molecule has 2 heterocycles. The van der Waals surface area contributed by atoms with Crippen LogP contribution in [0.15, 0.2) is 18.3 Å². The van der Waals surface area contributed by atoms with Crippen LogP contribution in [-0.2, 0) is 0 Å². The Labute approximate surface area is 143 Å². The van der Waals surface area contributed by atoms with E-state index in [1.165, 1.54) is 18.3 Å². The van der Waals surface area contributed by atoms with Gasteiger partial charge in [0, 0.05) is 25.4 Å². The number of nitrogens with zero attached hydrogens (tertiary/aromatic N) is 2. The quantitative estimate of drug-likeness (QED) is 0.756. The van der Waals surface area contributed by atoms with E-state index in [1.807, 2.05) is 7.05 Å². The summed E-state index contributed by atoms with van der Waals surface area (Å²) < 4.78 is 54.4. The Kier molecular flexibility index (Phi) is 6.57. The fourth-order valence-electron chi connectivity index (χ4n) is 2.71. The number of piperidine rings is 1. The molecule has 0 spiro atoms. The SMILES string of the molecule is CNCC1CCCN(C(=O)c2ccc(OCC(F)(F)C(F)F)nc2)C1. The van der Waals surface area contributed by atoms with Crippen LogP contribution < -0.4 is 10.1 Å². The predicted molar refractivity (Wildman–Crippen MR) is 83.2 cm³/mol. The first-order valence-electron chi connectivity index (χ1n) is 8.02. The molecule has 1 aliphatic rings. The van der Waals surface area contributed by atoms with Crippen molar-refractivity contribution in [3.63, 3.8) is 0 Å². The highest BCUT2D eigenvalue weighted by molar-refractivity contribution is 5.94. The molecule has 1 amide bonds. The molecule has 9 heteroatoms. The van der Waals surface area contributed by atoms with Gasteiger partial charge in [0.05, 0.1) is 5.56 Å². The first kappa shape index (κ1) is 19.4. The van der Waals surface area contributed by atoms with E-state index < -0.39 is 19.0 Å². The van der Waals surface area contributed by atoms with Crippen LogP contribution in [0.2, 0.25) is 0 Å². The summed E-state index contributed by atoms with van der Waals surface area (Å²) >= 11 is 0. The van der Waals surface area contributed by atoms with Crippen molar-refractivity contribution in [2.45, 2.75) is 25.2 Å². The topological polar surface area (TPSA) is 54.5 Å². The van der Waals surface area contributed by atoms with Gasteiger partial charge < -0.3 is 15.0 Å². The third kappa shape index (κ3) is 5.29. The third-order valence-electron chi connectivity index (χ3n) is 4.01.